The smallest absolute Gasteiger partial charge is 0.271 e. The van der Waals surface area contributed by atoms with Gasteiger partial charge in [-0.15, -0.1) is 0 Å². The van der Waals surface area contributed by atoms with Crippen molar-refractivity contribution in [2.24, 2.45) is 0 Å². The highest BCUT2D eigenvalue weighted by atomic mass is 35.5. The Labute approximate surface area is 180 Å². The molecule has 1 amide bonds. The van der Waals surface area contributed by atoms with Crippen molar-refractivity contribution in [2.75, 3.05) is 19.1 Å². The summed E-state index contributed by atoms with van der Waals surface area (Å²) in [5.74, 6) is 1.74. The first-order valence-electron chi connectivity index (χ1n) is 9.57. The number of halogens is 1. The van der Waals surface area contributed by atoms with E-state index in [1.807, 2.05) is 67.6 Å². The number of ether oxygens (including phenoxy) is 3. The lowest BCUT2D eigenvalue weighted by atomic mass is 9.89. The van der Waals surface area contributed by atoms with Crippen LogP contribution in [0.3, 0.4) is 0 Å². The number of β-lactam (4-membered cyclic amide) rings is 1. The number of para-hydroxylation sites is 2. The van der Waals surface area contributed by atoms with E-state index in [0.717, 1.165) is 11.1 Å². The molecule has 0 spiro atoms. The summed E-state index contributed by atoms with van der Waals surface area (Å²) < 4.78 is 17.0. The number of benzene rings is 3. The molecule has 1 aliphatic heterocycles. The predicted molar refractivity (Wildman–Crippen MR) is 117 cm³/mol. The molecule has 3 aromatic carbocycles. The Morgan fingerprint density at radius 2 is 1.57 bits per heavy atom. The molecule has 1 aliphatic rings. The molecule has 1 fully saturated rings. The lowest BCUT2D eigenvalue weighted by Gasteiger charge is -2.47. The van der Waals surface area contributed by atoms with Crippen molar-refractivity contribution < 1.29 is 19.0 Å². The van der Waals surface area contributed by atoms with Crippen LogP contribution in [0, 0.1) is 6.92 Å². The Kier molecular flexibility index (Phi) is 5.55. The molecule has 6 heteroatoms. The van der Waals surface area contributed by atoms with E-state index >= 15 is 0 Å². The van der Waals surface area contributed by atoms with Gasteiger partial charge in [0.05, 0.1) is 24.9 Å². The third-order valence-electron chi connectivity index (χ3n) is 5.25. The average molecular weight is 424 g/mol. The van der Waals surface area contributed by atoms with Crippen molar-refractivity contribution in [1.29, 1.82) is 0 Å². The summed E-state index contributed by atoms with van der Waals surface area (Å²) in [7, 11) is 3.17. The van der Waals surface area contributed by atoms with E-state index in [1.165, 1.54) is 0 Å². The van der Waals surface area contributed by atoms with Gasteiger partial charge in [-0.1, -0.05) is 48.0 Å². The second-order valence-electron chi connectivity index (χ2n) is 7.02. The quantitative estimate of drug-likeness (QED) is 0.511. The number of amides is 1. The van der Waals surface area contributed by atoms with E-state index in [9.17, 15) is 4.79 Å². The molecule has 1 saturated heterocycles. The van der Waals surface area contributed by atoms with Crippen LogP contribution in [0.25, 0.3) is 0 Å². The van der Waals surface area contributed by atoms with Gasteiger partial charge in [0.1, 0.15) is 11.8 Å². The minimum absolute atomic E-state index is 0.147. The van der Waals surface area contributed by atoms with Gasteiger partial charge < -0.3 is 14.2 Å². The van der Waals surface area contributed by atoms with Gasteiger partial charge in [-0.25, -0.2) is 0 Å². The van der Waals surface area contributed by atoms with E-state index in [2.05, 4.69) is 0 Å². The monoisotopic (exact) mass is 423 g/mol. The van der Waals surface area contributed by atoms with E-state index < -0.39 is 6.10 Å². The summed E-state index contributed by atoms with van der Waals surface area (Å²) in [6.45, 7) is 1.95. The summed E-state index contributed by atoms with van der Waals surface area (Å²) >= 11 is 6.41. The fraction of sp³-hybridized carbons (Fsp3) is 0.208. The number of carbonyl (C=O) groups excluding carboxylic acids is 1. The largest absolute Gasteiger partial charge is 0.493 e. The van der Waals surface area contributed by atoms with Gasteiger partial charge in [0, 0.05) is 0 Å². The Bertz CT molecular complexity index is 1080. The SMILES string of the molecule is COc1ccc([C@@H]2[C@H](Oc3ccccc3C)C(=O)N2c2ccccc2Cl)cc1OC. The maximum atomic E-state index is 13.2. The van der Waals surface area contributed by atoms with E-state index in [-0.39, 0.29) is 11.9 Å². The molecule has 2 atom stereocenters. The Morgan fingerprint density at radius 3 is 2.27 bits per heavy atom. The van der Waals surface area contributed by atoms with Crippen LogP contribution in [-0.4, -0.2) is 26.2 Å². The van der Waals surface area contributed by atoms with Gasteiger partial charge in [-0.3, -0.25) is 9.69 Å². The standard InChI is InChI=1S/C24H22ClNO4/c1-15-8-4-7-11-19(15)30-23-22(16-12-13-20(28-2)21(14-16)29-3)26(24(23)27)18-10-6-5-9-17(18)25/h4-14,22-23H,1-3H3/t22-,23+/m1/s1. The predicted octanol–water partition coefficient (Wildman–Crippen LogP) is 5.20. The van der Waals surface area contributed by atoms with Gasteiger partial charge >= 0.3 is 0 Å². The number of methoxy groups -OCH3 is 2. The highest BCUT2D eigenvalue weighted by molar-refractivity contribution is 6.34. The summed E-state index contributed by atoms with van der Waals surface area (Å²) in [6, 6.07) is 20.2. The Morgan fingerprint density at radius 1 is 0.867 bits per heavy atom. The van der Waals surface area contributed by atoms with Crippen molar-refractivity contribution in [3.8, 4) is 17.2 Å². The molecule has 0 aliphatic carbocycles. The fourth-order valence-electron chi connectivity index (χ4n) is 3.68. The molecule has 0 saturated carbocycles. The van der Waals surface area contributed by atoms with E-state index in [1.54, 1.807) is 25.2 Å². The average Bonchev–Trinajstić information content (AvgIpc) is 2.77. The second kappa shape index (κ2) is 8.28. The van der Waals surface area contributed by atoms with Crippen molar-refractivity contribution in [3.63, 3.8) is 0 Å². The summed E-state index contributed by atoms with van der Waals surface area (Å²) in [5.41, 5.74) is 2.48. The zero-order chi connectivity index (χ0) is 21.3. The highest BCUT2D eigenvalue weighted by Crippen LogP contribution is 2.45. The lowest BCUT2D eigenvalue weighted by Crippen LogP contribution is -2.61. The third kappa shape index (κ3) is 3.46. The Balaban J connectivity index is 1.76. The van der Waals surface area contributed by atoms with E-state index in [4.69, 9.17) is 25.8 Å². The second-order valence-corrected chi connectivity index (χ2v) is 7.43. The first kappa shape index (κ1) is 20.1. The zero-order valence-corrected chi connectivity index (χ0v) is 17.7. The van der Waals surface area contributed by atoms with Gasteiger partial charge in [0.25, 0.3) is 5.91 Å². The molecule has 1 heterocycles. The van der Waals surface area contributed by atoms with Gasteiger partial charge in [0.2, 0.25) is 6.10 Å². The molecule has 4 rings (SSSR count). The highest BCUT2D eigenvalue weighted by Gasteiger charge is 2.51. The van der Waals surface area contributed by atoms with Crippen LogP contribution in [0.1, 0.15) is 17.2 Å². The number of hydrogen-bond donors (Lipinski definition) is 0. The molecule has 0 radical (unpaired) electrons. The topological polar surface area (TPSA) is 48.0 Å². The van der Waals surface area contributed by atoms with Gasteiger partial charge in [0.15, 0.2) is 11.5 Å². The number of aryl methyl sites for hydroxylation is 1. The maximum Gasteiger partial charge on any atom is 0.271 e. The van der Waals surface area contributed by atoms with E-state index in [0.29, 0.717) is 28.0 Å². The normalized spacial score (nSPS) is 18.0. The molecule has 154 valence electrons. The zero-order valence-electron chi connectivity index (χ0n) is 17.0. The molecule has 0 N–H and O–H groups in total. The van der Waals surface area contributed by atoms with Crippen LogP contribution >= 0.6 is 11.6 Å². The molecule has 30 heavy (non-hydrogen) atoms. The first-order chi connectivity index (χ1) is 14.5. The number of carbonyl (C=O) groups is 1. The van der Waals surface area contributed by atoms with Gasteiger partial charge in [-0.05, 0) is 48.4 Å². The Hall–Kier alpha value is -3.18. The molecule has 0 bridgehead atoms. The first-order valence-corrected chi connectivity index (χ1v) is 9.94. The molecule has 0 unspecified atom stereocenters. The summed E-state index contributed by atoms with van der Waals surface area (Å²) in [4.78, 5) is 14.9. The molecule has 0 aromatic heterocycles. The number of hydrogen-bond acceptors (Lipinski definition) is 4. The molecular formula is C24H22ClNO4. The molecule has 5 nitrogen and oxygen atoms in total. The van der Waals surface area contributed by atoms with Crippen LogP contribution < -0.4 is 19.1 Å². The summed E-state index contributed by atoms with van der Waals surface area (Å²) in [5, 5.41) is 0.505. The third-order valence-corrected chi connectivity index (χ3v) is 5.57. The summed E-state index contributed by atoms with van der Waals surface area (Å²) in [6.07, 6.45) is -0.680. The van der Waals surface area contributed by atoms with Crippen molar-refractivity contribution in [3.05, 3.63) is 82.9 Å². The minimum Gasteiger partial charge on any atom is -0.493 e. The molecular weight excluding hydrogens is 402 g/mol. The van der Waals surface area contributed by atoms with Crippen LogP contribution in [0.15, 0.2) is 66.7 Å². The minimum atomic E-state index is -0.680. The van der Waals surface area contributed by atoms with Gasteiger partial charge in [-0.2, -0.15) is 0 Å². The number of rotatable bonds is 6. The van der Waals surface area contributed by atoms with Crippen LogP contribution in [0.5, 0.6) is 17.2 Å². The van der Waals surface area contributed by atoms with Crippen LogP contribution in [0.2, 0.25) is 5.02 Å². The van der Waals surface area contributed by atoms with Crippen LogP contribution in [0.4, 0.5) is 5.69 Å². The number of nitrogens with zero attached hydrogens (tertiary/aromatic N) is 1. The lowest BCUT2D eigenvalue weighted by molar-refractivity contribution is -0.135. The van der Waals surface area contributed by atoms with Crippen molar-refractivity contribution in [2.45, 2.75) is 19.1 Å². The maximum absolute atomic E-state index is 13.2. The fourth-order valence-corrected chi connectivity index (χ4v) is 3.91. The van der Waals surface area contributed by atoms with Crippen molar-refractivity contribution in [1.82, 2.24) is 0 Å². The molecule has 3 aromatic rings. The number of anilines is 1. The van der Waals surface area contributed by atoms with Crippen molar-refractivity contribution >= 4 is 23.2 Å². The van der Waals surface area contributed by atoms with Crippen LogP contribution in [-0.2, 0) is 4.79 Å².